The minimum Gasteiger partial charge on any atom is -0.496 e. The first-order valence-electron chi connectivity index (χ1n) is 9.00. The van der Waals surface area contributed by atoms with E-state index in [1.54, 1.807) is 13.3 Å². The molecule has 0 saturated heterocycles. The van der Waals surface area contributed by atoms with Crippen molar-refractivity contribution in [3.8, 4) is 11.5 Å². The first-order chi connectivity index (χ1) is 13.3. The average Bonchev–Trinajstić information content (AvgIpc) is 3.19. The number of hydrogen-bond donors (Lipinski definition) is 0. The van der Waals surface area contributed by atoms with Crippen molar-refractivity contribution in [3.63, 3.8) is 0 Å². The summed E-state index contributed by atoms with van der Waals surface area (Å²) in [7, 11) is 1.68. The third-order valence-electron chi connectivity index (χ3n) is 5.10. The van der Waals surface area contributed by atoms with Gasteiger partial charge in [0.2, 0.25) is 6.23 Å². The van der Waals surface area contributed by atoms with Crippen LogP contribution in [-0.2, 0) is 0 Å². The van der Waals surface area contributed by atoms with Crippen LogP contribution in [0.2, 0.25) is 0 Å². The maximum Gasteiger partial charge on any atom is 0.217 e. The van der Waals surface area contributed by atoms with Crippen LogP contribution in [0.4, 0.5) is 0 Å². The lowest BCUT2D eigenvalue weighted by atomic mass is 9.96. The van der Waals surface area contributed by atoms with Crippen LogP contribution in [0.15, 0.2) is 78.2 Å². The fraction of sp³-hybridized carbons (Fsp3) is 0.182. The highest BCUT2D eigenvalue weighted by Gasteiger charge is 2.41. The molecular formula is C22H19N3O2. The second-order valence-corrected chi connectivity index (χ2v) is 6.64. The number of pyridine rings is 1. The Morgan fingerprint density at radius 2 is 1.81 bits per heavy atom. The van der Waals surface area contributed by atoms with E-state index in [0.29, 0.717) is 0 Å². The monoisotopic (exact) mass is 357 g/mol. The molecule has 2 atom stereocenters. The number of ether oxygens (including phenoxy) is 2. The van der Waals surface area contributed by atoms with Crippen molar-refractivity contribution in [2.45, 2.75) is 18.7 Å². The van der Waals surface area contributed by atoms with Gasteiger partial charge in [0, 0.05) is 29.9 Å². The van der Waals surface area contributed by atoms with Gasteiger partial charge in [-0.25, -0.2) is 5.01 Å². The summed E-state index contributed by atoms with van der Waals surface area (Å²) in [5, 5.41) is 7.00. The van der Waals surface area contributed by atoms with Crippen LogP contribution in [0.3, 0.4) is 0 Å². The molecule has 0 unspecified atom stereocenters. The Morgan fingerprint density at radius 1 is 1.00 bits per heavy atom. The van der Waals surface area contributed by atoms with Crippen LogP contribution in [0, 0.1) is 0 Å². The van der Waals surface area contributed by atoms with Gasteiger partial charge in [-0.15, -0.1) is 0 Å². The molecule has 1 aromatic heterocycles. The highest BCUT2D eigenvalue weighted by molar-refractivity contribution is 6.01. The zero-order chi connectivity index (χ0) is 18.2. The number of benzene rings is 2. The van der Waals surface area contributed by atoms with Crippen LogP contribution in [-0.4, -0.2) is 22.8 Å². The number of methoxy groups -OCH3 is 1. The molecule has 5 nitrogen and oxygen atoms in total. The minimum absolute atomic E-state index is 0.125. The van der Waals surface area contributed by atoms with E-state index in [1.807, 2.05) is 54.7 Å². The van der Waals surface area contributed by atoms with E-state index in [0.717, 1.165) is 40.3 Å². The summed E-state index contributed by atoms with van der Waals surface area (Å²) in [4.78, 5) is 4.24. The van der Waals surface area contributed by atoms with Crippen molar-refractivity contribution < 1.29 is 9.47 Å². The van der Waals surface area contributed by atoms with Gasteiger partial charge in [0.15, 0.2) is 0 Å². The quantitative estimate of drug-likeness (QED) is 0.700. The molecule has 0 radical (unpaired) electrons. The van der Waals surface area contributed by atoms with Crippen molar-refractivity contribution in [3.05, 3.63) is 89.7 Å². The summed E-state index contributed by atoms with van der Waals surface area (Å²) < 4.78 is 12.0. The highest BCUT2D eigenvalue weighted by Crippen LogP contribution is 2.48. The van der Waals surface area contributed by atoms with Crippen molar-refractivity contribution >= 4 is 5.71 Å². The Morgan fingerprint density at radius 3 is 2.63 bits per heavy atom. The molecule has 5 heteroatoms. The Balaban J connectivity index is 1.63. The summed E-state index contributed by atoms with van der Waals surface area (Å²) in [6.45, 7) is 0. The van der Waals surface area contributed by atoms with E-state index in [-0.39, 0.29) is 12.3 Å². The molecule has 5 rings (SSSR count). The fourth-order valence-corrected chi connectivity index (χ4v) is 3.82. The van der Waals surface area contributed by atoms with Gasteiger partial charge in [0.1, 0.15) is 11.5 Å². The number of fused-ring (bicyclic) bond motifs is 3. The number of nitrogens with zero attached hydrogens (tertiary/aromatic N) is 3. The lowest BCUT2D eigenvalue weighted by Crippen LogP contribution is -2.33. The summed E-state index contributed by atoms with van der Waals surface area (Å²) in [5.41, 5.74) is 4.19. The van der Waals surface area contributed by atoms with Gasteiger partial charge in [-0.05, 0) is 24.3 Å². The lowest BCUT2D eigenvalue weighted by molar-refractivity contribution is -0.0203. The summed E-state index contributed by atoms with van der Waals surface area (Å²) >= 11 is 0. The number of para-hydroxylation sites is 2. The Hall–Kier alpha value is -3.34. The molecule has 2 aliphatic rings. The molecule has 2 aliphatic heterocycles. The number of hydrazone groups is 1. The molecule has 0 fully saturated rings. The number of hydrogen-bond acceptors (Lipinski definition) is 5. The van der Waals surface area contributed by atoms with Gasteiger partial charge in [0.05, 0.1) is 24.4 Å². The van der Waals surface area contributed by atoms with Crippen molar-refractivity contribution in [2.75, 3.05) is 7.11 Å². The normalized spacial score (nSPS) is 20.3. The van der Waals surface area contributed by atoms with Crippen molar-refractivity contribution in [1.82, 2.24) is 9.99 Å². The zero-order valence-corrected chi connectivity index (χ0v) is 14.9. The Labute approximate surface area is 157 Å². The van der Waals surface area contributed by atoms with Crippen molar-refractivity contribution in [2.24, 2.45) is 5.10 Å². The minimum atomic E-state index is -0.338. The predicted molar refractivity (Wildman–Crippen MR) is 103 cm³/mol. The molecule has 0 saturated carbocycles. The summed E-state index contributed by atoms with van der Waals surface area (Å²) in [5.74, 6) is 1.70. The predicted octanol–water partition coefficient (Wildman–Crippen LogP) is 4.33. The lowest BCUT2D eigenvalue weighted by Gasteiger charge is -2.38. The van der Waals surface area contributed by atoms with Gasteiger partial charge in [-0.1, -0.05) is 36.4 Å². The highest BCUT2D eigenvalue weighted by atomic mass is 16.5. The van der Waals surface area contributed by atoms with E-state index < -0.39 is 0 Å². The topological polar surface area (TPSA) is 47.0 Å². The van der Waals surface area contributed by atoms with Gasteiger partial charge >= 0.3 is 0 Å². The van der Waals surface area contributed by atoms with Crippen LogP contribution in [0.5, 0.6) is 11.5 Å². The van der Waals surface area contributed by atoms with E-state index in [2.05, 4.69) is 22.1 Å². The Kier molecular flexibility index (Phi) is 3.78. The van der Waals surface area contributed by atoms with Crippen LogP contribution >= 0.6 is 0 Å². The van der Waals surface area contributed by atoms with Gasteiger partial charge in [-0.3, -0.25) is 4.98 Å². The average molecular weight is 357 g/mol. The van der Waals surface area contributed by atoms with Crippen LogP contribution < -0.4 is 9.47 Å². The molecule has 2 aromatic carbocycles. The summed E-state index contributed by atoms with van der Waals surface area (Å²) in [6.07, 6.45) is 4.12. The molecule has 0 amide bonds. The molecule has 134 valence electrons. The van der Waals surface area contributed by atoms with Crippen molar-refractivity contribution in [1.29, 1.82) is 0 Å². The maximum absolute atomic E-state index is 6.38. The number of aromatic nitrogens is 1. The summed E-state index contributed by atoms with van der Waals surface area (Å²) in [6, 6.07) is 20.3. The molecule has 0 spiro atoms. The Bertz CT molecular complexity index is 1000. The van der Waals surface area contributed by atoms with E-state index in [1.165, 1.54) is 0 Å². The van der Waals surface area contributed by atoms with E-state index >= 15 is 0 Å². The first-order valence-corrected chi connectivity index (χ1v) is 9.00. The third-order valence-corrected chi connectivity index (χ3v) is 5.10. The fourth-order valence-electron chi connectivity index (χ4n) is 3.82. The molecule has 0 aliphatic carbocycles. The maximum atomic E-state index is 6.38. The molecular weight excluding hydrogens is 338 g/mol. The molecule has 3 heterocycles. The third kappa shape index (κ3) is 2.63. The van der Waals surface area contributed by atoms with Crippen LogP contribution in [0.25, 0.3) is 0 Å². The second kappa shape index (κ2) is 6.43. The second-order valence-electron chi connectivity index (χ2n) is 6.64. The molecule has 27 heavy (non-hydrogen) atoms. The molecule has 0 bridgehead atoms. The standard InChI is InChI=1S/C22H19N3O2/c1-26-20-10-4-3-9-17(20)22-25-19(16-8-2-5-11-21(16)27-22)13-18(24-25)15-7-6-12-23-14-15/h2-12,14,19,22H,13H2,1H3/t19-,22-/m0/s1. The zero-order valence-electron chi connectivity index (χ0n) is 14.9. The number of rotatable bonds is 3. The van der Waals surface area contributed by atoms with Gasteiger partial charge in [-0.2, -0.15) is 5.10 Å². The molecule has 3 aromatic rings. The van der Waals surface area contributed by atoms with E-state index in [9.17, 15) is 0 Å². The largest absolute Gasteiger partial charge is 0.496 e. The van der Waals surface area contributed by atoms with Crippen LogP contribution in [0.1, 0.15) is 35.4 Å². The molecule has 0 N–H and O–H groups in total. The SMILES string of the molecule is COc1ccccc1[C@@H]1Oc2ccccc2[C@@H]2CC(c3cccnc3)=NN21. The van der Waals surface area contributed by atoms with Gasteiger partial charge < -0.3 is 9.47 Å². The first kappa shape index (κ1) is 15.9. The van der Waals surface area contributed by atoms with E-state index in [4.69, 9.17) is 14.6 Å². The van der Waals surface area contributed by atoms with Gasteiger partial charge in [0.25, 0.3) is 0 Å². The smallest absolute Gasteiger partial charge is 0.217 e.